The van der Waals surface area contributed by atoms with Crippen molar-refractivity contribution in [1.82, 2.24) is 15.5 Å². The molecule has 2 N–H and O–H groups in total. The van der Waals surface area contributed by atoms with Gasteiger partial charge in [-0.1, -0.05) is 19.1 Å². The molecule has 0 spiro atoms. The summed E-state index contributed by atoms with van der Waals surface area (Å²) in [6, 6.07) is 5.89. The second-order valence-corrected chi connectivity index (χ2v) is 10.00. The molecule has 8 heteroatoms. The van der Waals surface area contributed by atoms with Crippen molar-refractivity contribution in [2.24, 2.45) is 10.9 Å². The van der Waals surface area contributed by atoms with E-state index in [-0.39, 0.29) is 24.0 Å². The summed E-state index contributed by atoms with van der Waals surface area (Å²) in [4.78, 5) is 7.60. The molecule has 1 aliphatic heterocycles. The number of hydrogen-bond donors (Lipinski definition) is 2. The lowest BCUT2D eigenvalue weighted by Crippen LogP contribution is -2.48. The number of nitrogens with one attached hydrogen (secondary N) is 2. The third-order valence-corrected chi connectivity index (χ3v) is 6.67. The van der Waals surface area contributed by atoms with Crippen molar-refractivity contribution in [2.45, 2.75) is 58.0 Å². The average Bonchev–Trinajstić information content (AvgIpc) is 2.63. The number of nitrogens with zero attached hydrogens (tertiary/aromatic N) is 2. The van der Waals surface area contributed by atoms with Crippen molar-refractivity contribution in [2.75, 3.05) is 32.4 Å². The molecule has 2 rings (SSSR count). The Labute approximate surface area is 193 Å². The van der Waals surface area contributed by atoms with Crippen molar-refractivity contribution in [3.05, 3.63) is 29.3 Å². The summed E-state index contributed by atoms with van der Waals surface area (Å²) in [6.45, 7) is 13.0. The molecule has 1 heterocycles. The van der Waals surface area contributed by atoms with E-state index in [1.165, 1.54) is 32.2 Å². The summed E-state index contributed by atoms with van der Waals surface area (Å²) in [5.74, 6) is 1.64. The first-order valence-corrected chi connectivity index (χ1v) is 12.2. The molecule has 0 bridgehead atoms. The summed E-state index contributed by atoms with van der Waals surface area (Å²) in [6.07, 6.45) is 3.80. The lowest BCUT2D eigenvalue weighted by atomic mass is 9.98. The number of aryl methyl sites for hydroxylation is 1. The molecule has 1 fully saturated rings. The molecule has 6 nitrogen and oxygen atoms in total. The molecular formula is C21H37IN4O2S. The minimum absolute atomic E-state index is 0. The Morgan fingerprint density at radius 2 is 1.93 bits per heavy atom. The zero-order valence-electron chi connectivity index (χ0n) is 18.4. The number of sulfone groups is 1. The molecule has 1 aromatic rings. The summed E-state index contributed by atoms with van der Waals surface area (Å²) in [5, 5.41) is 6.74. The van der Waals surface area contributed by atoms with E-state index in [1.807, 2.05) is 19.1 Å². The molecule has 1 atom stereocenters. The van der Waals surface area contributed by atoms with Crippen LogP contribution in [0.3, 0.4) is 0 Å². The molecule has 1 saturated heterocycles. The Balaban J connectivity index is 0.00000420. The van der Waals surface area contributed by atoms with Crippen LogP contribution in [-0.4, -0.2) is 57.8 Å². The normalized spacial score (nSPS) is 17.5. The first kappa shape index (κ1) is 26.2. The Morgan fingerprint density at radius 3 is 2.48 bits per heavy atom. The van der Waals surface area contributed by atoms with Gasteiger partial charge in [0.1, 0.15) is 0 Å². The maximum absolute atomic E-state index is 11.8. The van der Waals surface area contributed by atoms with Gasteiger partial charge in [-0.25, -0.2) is 13.4 Å². The number of guanidine groups is 1. The van der Waals surface area contributed by atoms with Crippen molar-refractivity contribution < 1.29 is 8.42 Å². The van der Waals surface area contributed by atoms with Crippen LogP contribution in [0.2, 0.25) is 0 Å². The summed E-state index contributed by atoms with van der Waals surface area (Å²) >= 11 is 0. The first-order valence-electron chi connectivity index (χ1n) is 10.3. The molecule has 1 aliphatic rings. The van der Waals surface area contributed by atoms with Crippen LogP contribution in [-0.2, 0) is 16.4 Å². The van der Waals surface area contributed by atoms with Crippen LogP contribution in [0.4, 0.5) is 0 Å². The van der Waals surface area contributed by atoms with Gasteiger partial charge in [0, 0.05) is 25.4 Å². The minimum atomic E-state index is -3.19. The first-order chi connectivity index (χ1) is 13.2. The summed E-state index contributed by atoms with van der Waals surface area (Å²) < 4.78 is 23.5. The van der Waals surface area contributed by atoms with Gasteiger partial charge in [-0.2, -0.15) is 0 Å². The third kappa shape index (κ3) is 8.41. The molecule has 0 amide bonds. The topological polar surface area (TPSA) is 73.8 Å². The van der Waals surface area contributed by atoms with Gasteiger partial charge in [0.15, 0.2) is 15.8 Å². The highest BCUT2D eigenvalue weighted by Crippen LogP contribution is 2.18. The predicted octanol–water partition coefficient (Wildman–Crippen LogP) is 3.19. The predicted molar refractivity (Wildman–Crippen MR) is 132 cm³/mol. The molecule has 29 heavy (non-hydrogen) atoms. The van der Waals surface area contributed by atoms with Crippen LogP contribution in [0.1, 0.15) is 44.7 Å². The Kier molecular flexibility index (Phi) is 10.9. The molecule has 1 unspecified atom stereocenters. The fraction of sp³-hybridized carbons (Fsp3) is 0.667. The number of likely N-dealkylation sites (tertiary alicyclic amines) is 1. The number of halogens is 1. The number of rotatable bonds is 7. The van der Waals surface area contributed by atoms with Crippen molar-refractivity contribution in [1.29, 1.82) is 0 Å². The van der Waals surface area contributed by atoms with E-state index < -0.39 is 9.84 Å². The van der Waals surface area contributed by atoms with Gasteiger partial charge in [0.2, 0.25) is 0 Å². The Hall–Kier alpha value is -0.870. The number of benzene rings is 1. The molecule has 0 radical (unpaired) electrons. The van der Waals surface area contributed by atoms with Crippen LogP contribution in [0.15, 0.2) is 28.1 Å². The van der Waals surface area contributed by atoms with E-state index in [0.717, 1.165) is 36.1 Å². The van der Waals surface area contributed by atoms with Crippen LogP contribution < -0.4 is 10.6 Å². The van der Waals surface area contributed by atoms with Gasteiger partial charge in [-0.3, -0.25) is 4.90 Å². The Bertz CT molecular complexity index is 775. The largest absolute Gasteiger partial charge is 0.357 e. The second-order valence-electron chi connectivity index (χ2n) is 8.02. The lowest BCUT2D eigenvalue weighted by molar-refractivity contribution is 0.147. The van der Waals surface area contributed by atoms with Gasteiger partial charge in [0.25, 0.3) is 0 Å². The van der Waals surface area contributed by atoms with Crippen molar-refractivity contribution in [3.8, 4) is 0 Å². The highest BCUT2D eigenvalue weighted by atomic mass is 127. The van der Waals surface area contributed by atoms with E-state index in [9.17, 15) is 8.42 Å². The fourth-order valence-electron chi connectivity index (χ4n) is 3.58. The van der Waals surface area contributed by atoms with E-state index in [2.05, 4.69) is 41.3 Å². The molecule has 1 aromatic carbocycles. The SMILES string of the molecule is CCNC(=NCc1ccc(S(C)(=O)=O)c(C)c1)NCC(C)N1CCC(C)CC1.I. The second kappa shape index (κ2) is 12.1. The molecule has 0 aromatic heterocycles. The van der Waals surface area contributed by atoms with E-state index >= 15 is 0 Å². The summed E-state index contributed by atoms with van der Waals surface area (Å²) in [5.41, 5.74) is 1.77. The zero-order chi connectivity index (χ0) is 20.7. The monoisotopic (exact) mass is 536 g/mol. The number of aliphatic imine (C=N–C) groups is 1. The standard InChI is InChI=1S/C21H36N4O2S.HI/c1-6-22-21(23-14-18(4)25-11-9-16(2)10-12-25)24-15-19-7-8-20(17(3)13-19)28(5,26)27;/h7-8,13,16,18H,6,9-12,14-15H2,1-5H3,(H2,22,23,24);1H. The molecule has 0 saturated carbocycles. The quantitative estimate of drug-likeness (QED) is 0.318. The lowest BCUT2D eigenvalue weighted by Gasteiger charge is -2.35. The zero-order valence-corrected chi connectivity index (χ0v) is 21.5. The third-order valence-electron chi connectivity index (χ3n) is 5.41. The van der Waals surface area contributed by atoms with Gasteiger partial charge >= 0.3 is 0 Å². The highest BCUT2D eigenvalue weighted by molar-refractivity contribution is 14.0. The highest BCUT2D eigenvalue weighted by Gasteiger charge is 2.20. The molecule has 0 aliphatic carbocycles. The van der Waals surface area contributed by atoms with Crippen LogP contribution >= 0.6 is 24.0 Å². The van der Waals surface area contributed by atoms with Gasteiger partial charge in [-0.15, -0.1) is 24.0 Å². The van der Waals surface area contributed by atoms with E-state index in [1.54, 1.807) is 6.07 Å². The van der Waals surface area contributed by atoms with Gasteiger partial charge < -0.3 is 10.6 Å². The van der Waals surface area contributed by atoms with Crippen LogP contribution in [0.25, 0.3) is 0 Å². The van der Waals surface area contributed by atoms with Crippen LogP contribution in [0, 0.1) is 12.8 Å². The minimum Gasteiger partial charge on any atom is -0.357 e. The van der Waals surface area contributed by atoms with E-state index in [0.29, 0.717) is 17.5 Å². The maximum atomic E-state index is 11.8. The average molecular weight is 537 g/mol. The smallest absolute Gasteiger partial charge is 0.191 e. The van der Waals surface area contributed by atoms with Crippen molar-refractivity contribution >= 4 is 39.8 Å². The number of piperidine rings is 1. The van der Waals surface area contributed by atoms with Gasteiger partial charge in [-0.05, 0) is 69.8 Å². The van der Waals surface area contributed by atoms with E-state index in [4.69, 9.17) is 0 Å². The number of hydrogen-bond acceptors (Lipinski definition) is 4. The van der Waals surface area contributed by atoms with Crippen molar-refractivity contribution in [3.63, 3.8) is 0 Å². The molecular weight excluding hydrogens is 499 g/mol. The maximum Gasteiger partial charge on any atom is 0.191 e. The molecule has 166 valence electrons. The summed E-state index contributed by atoms with van der Waals surface area (Å²) in [7, 11) is -3.19. The van der Waals surface area contributed by atoms with Crippen LogP contribution in [0.5, 0.6) is 0 Å². The van der Waals surface area contributed by atoms with Gasteiger partial charge in [0.05, 0.1) is 11.4 Å². The Morgan fingerprint density at radius 1 is 1.28 bits per heavy atom. The fourth-order valence-corrected chi connectivity index (χ4v) is 4.54.